The number of nitrogens with zero attached hydrogens (tertiary/aromatic N) is 2. The molecule has 1 fully saturated rings. The SMILES string of the molecule is CN(Cc1ccncc1)Cc1ccc(CNC2CC2)s1. The Bertz CT molecular complexity index is 534. The maximum Gasteiger partial charge on any atom is 0.0328 e. The van der Waals surface area contributed by atoms with Crippen LogP contribution in [-0.4, -0.2) is 23.0 Å². The van der Waals surface area contributed by atoms with Gasteiger partial charge in [-0.05, 0) is 49.7 Å². The molecule has 0 aliphatic heterocycles. The third-order valence-electron chi connectivity index (χ3n) is 3.49. The second kappa shape index (κ2) is 6.48. The van der Waals surface area contributed by atoms with Crippen molar-refractivity contribution in [1.29, 1.82) is 0 Å². The number of nitrogens with one attached hydrogen (secondary N) is 1. The molecule has 1 aliphatic rings. The quantitative estimate of drug-likeness (QED) is 0.848. The average Bonchev–Trinajstić information content (AvgIpc) is 3.18. The second-order valence-corrected chi connectivity index (χ2v) is 6.80. The summed E-state index contributed by atoms with van der Waals surface area (Å²) in [7, 11) is 2.17. The Labute approximate surface area is 124 Å². The van der Waals surface area contributed by atoms with Gasteiger partial charge in [-0.2, -0.15) is 0 Å². The first-order valence-corrected chi connectivity index (χ1v) is 7.99. The monoisotopic (exact) mass is 287 g/mol. The highest BCUT2D eigenvalue weighted by atomic mass is 32.1. The third kappa shape index (κ3) is 4.13. The van der Waals surface area contributed by atoms with Crippen molar-refractivity contribution in [3.63, 3.8) is 0 Å². The molecule has 2 aromatic rings. The molecule has 3 nitrogen and oxygen atoms in total. The van der Waals surface area contributed by atoms with E-state index in [0.29, 0.717) is 0 Å². The smallest absolute Gasteiger partial charge is 0.0328 e. The van der Waals surface area contributed by atoms with Gasteiger partial charge < -0.3 is 5.32 Å². The minimum Gasteiger partial charge on any atom is -0.309 e. The average molecular weight is 287 g/mol. The van der Waals surface area contributed by atoms with Gasteiger partial charge in [-0.15, -0.1) is 11.3 Å². The van der Waals surface area contributed by atoms with Crippen LogP contribution in [0.1, 0.15) is 28.2 Å². The fourth-order valence-electron chi connectivity index (χ4n) is 2.26. The summed E-state index contributed by atoms with van der Waals surface area (Å²) < 4.78 is 0. The topological polar surface area (TPSA) is 28.2 Å². The van der Waals surface area contributed by atoms with Gasteiger partial charge in [0.05, 0.1) is 0 Å². The molecule has 20 heavy (non-hydrogen) atoms. The lowest BCUT2D eigenvalue weighted by Gasteiger charge is -2.15. The minimum absolute atomic E-state index is 0.787. The Morgan fingerprint density at radius 3 is 2.65 bits per heavy atom. The largest absolute Gasteiger partial charge is 0.309 e. The van der Waals surface area contributed by atoms with Gasteiger partial charge in [0.1, 0.15) is 0 Å². The van der Waals surface area contributed by atoms with E-state index in [4.69, 9.17) is 0 Å². The van der Waals surface area contributed by atoms with Crippen molar-refractivity contribution in [3.8, 4) is 0 Å². The fraction of sp³-hybridized carbons (Fsp3) is 0.438. The standard InChI is InChI=1S/C16H21N3S/c1-19(11-13-6-8-17-9-7-13)12-16-5-4-15(20-16)10-18-14-2-3-14/h4-9,14,18H,2-3,10-12H2,1H3. The molecule has 2 aromatic heterocycles. The molecule has 1 aliphatic carbocycles. The second-order valence-electron chi connectivity index (χ2n) is 5.55. The first-order valence-electron chi connectivity index (χ1n) is 7.18. The molecule has 106 valence electrons. The molecule has 0 aromatic carbocycles. The molecule has 0 saturated heterocycles. The van der Waals surface area contributed by atoms with Gasteiger partial charge in [0.2, 0.25) is 0 Å². The number of hydrogen-bond donors (Lipinski definition) is 1. The number of aromatic nitrogens is 1. The molecular weight excluding hydrogens is 266 g/mol. The maximum absolute atomic E-state index is 4.06. The zero-order chi connectivity index (χ0) is 13.8. The minimum atomic E-state index is 0.787. The van der Waals surface area contributed by atoms with E-state index >= 15 is 0 Å². The van der Waals surface area contributed by atoms with Crippen molar-refractivity contribution < 1.29 is 0 Å². The predicted octanol–water partition coefficient (Wildman–Crippen LogP) is 3.03. The maximum atomic E-state index is 4.06. The predicted molar refractivity (Wildman–Crippen MR) is 83.6 cm³/mol. The molecule has 0 atom stereocenters. The van der Waals surface area contributed by atoms with Gasteiger partial charge in [0.25, 0.3) is 0 Å². The van der Waals surface area contributed by atoms with Gasteiger partial charge in [-0.25, -0.2) is 0 Å². The zero-order valence-electron chi connectivity index (χ0n) is 11.9. The lowest BCUT2D eigenvalue weighted by atomic mass is 10.2. The van der Waals surface area contributed by atoms with Crippen LogP contribution in [0.5, 0.6) is 0 Å². The van der Waals surface area contributed by atoms with Crippen molar-refractivity contribution in [3.05, 3.63) is 52.0 Å². The Kier molecular flexibility index (Phi) is 4.45. The van der Waals surface area contributed by atoms with Crippen LogP contribution < -0.4 is 5.32 Å². The summed E-state index contributed by atoms with van der Waals surface area (Å²) in [6.07, 6.45) is 6.42. The lowest BCUT2D eigenvalue weighted by molar-refractivity contribution is 0.322. The molecular formula is C16H21N3S. The van der Waals surface area contributed by atoms with Gasteiger partial charge in [0, 0.05) is 47.8 Å². The van der Waals surface area contributed by atoms with Crippen LogP contribution in [0.3, 0.4) is 0 Å². The molecule has 2 heterocycles. The summed E-state index contributed by atoms with van der Waals surface area (Å²) in [5.41, 5.74) is 1.31. The first kappa shape index (κ1) is 13.7. The molecule has 3 rings (SSSR count). The summed E-state index contributed by atoms with van der Waals surface area (Å²) >= 11 is 1.93. The van der Waals surface area contributed by atoms with Gasteiger partial charge >= 0.3 is 0 Å². The van der Waals surface area contributed by atoms with Crippen LogP contribution in [0.2, 0.25) is 0 Å². The van der Waals surface area contributed by atoms with Crippen LogP contribution >= 0.6 is 11.3 Å². The van der Waals surface area contributed by atoms with E-state index in [0.717, 1.165) is 25.7 Å². The van der Waals surface area contributed by atoms with E-state index in [1.165, 1.54) is 28.2 Å². The van der Waals surface area contributed by atoms with Crippen LogP contribution in [0.4, 0.5) is 0 Å². The number of pyridine rings is 1. The van der Waals surface area contributed by atoms with Crippen LogP contribution in [0.15, 0.2) is 36.7 Å². The Morgan fingerprint density at radius 1 is 1.15 bits per heavy atom. The lowest BCUT2D eigenvalue weighted by Crippen LogP contribution is -2.16. The molecule has 0 amide bonds. The van der Waals surface area contributed by atoms with E-state index in [1.807, 2.05) is 23.7 Å². The molecule has 0 radical (unpaired) electrons. The van der Waals surface area contributed by atoms with Gasteiger partial charge in [-0.1, -0.05) is 0 Å². The van der Waals surface area contributed by atoms with E-state index in [2.05, 4.69) is 46.5 Å². The van der Waals surface area contributed by atoms with Crippen molar-refractivity contribution in [1.82, 2.24) is 15.2 Å². The van der Waals surface area contributed by atoms with Crippen LogP contribution in [-0.2, 0) is 19.6 Å². The van der Waals surface area contributed by atoms with Crippen LogP contribution in [0, 0.1) is 0 Å². The highest BCUT2D eigenvalue weighted by molar-refractivity contribution is 7.11. The Morgan fingerprint density at radius 2 is 1.90 bits per heavy atom. The highest BCUT2D eigenvalue weighted by Gasteiger charge is 2.20. The number of hydrogen-bond acceptors (Lipinski definition) is 4. The van der Waals surface area contributed by atoms with Crippen molar-refractivity contribution in [2.24, 2.45) is 0 Å². The summed E-state index contributed by atoms with van der Waals surface area (Å²) in [5, 5.41) is 3.57. The van der Waals surface area contributed by atoms with Crippen molar-refractivity contribution in [2.45, 2.75) is 38.5 Å². The van der Waals surface area contributed by atoms with Gasteiger partial charge in [0.15, 0.2) is 0 Å². The summed E-state index contributed by atoms with van der Waals surface area (Å²) in [4.78, 5) is 9.29. The first-order chi connectivity index (χ1) is 9.79. The number of thiophene rings is 1. The highest BCUT2D eigenvalue weighted by Crippen LogP contribution is 2.22. The van der Waals surface area contributed by atoms with Crippen molar-refractivity contribution >= 4 is 11.3 Å². The Hall–Kier alpha value is -1.23. The summed E-state index contributed by atoms with van der Waals surface area (Å²) in [6, 6.07) is 9.47. The zero-order valence-corrected chi connectivity index (χ0v) is 12.7. The van der Waals surface area contributed by atoms with Crippen molar-refractivity contribution in [2.75, 3.05) is 7.05 Å². The van der Waals surface area contributed by atoms with E-state index in [1.54, 1.807) is 0 Å². The fourth-order valence-corrected chi connectivity index (χ4v) is 3.31. The summed E-state index contributed by atoms with van der Waals surface area (Å²) in [5.74, 6) is 0. The van der Waals surface area contributed by atoms with Gasteiger partial charge in [-0.3, -0.25) is 9.88 Å². The van der Waals surface area contributed by atoms with E-state index in [9.17, 15) is 0 Å². The Balaban J connectivity index is 1.49. The van der Waals surface area contributed by atoms with E-state index < -0.39 is 0 Å². The third-order valence-corrected chi connectivity index (χ3v) is 4.56. The molecule has 0 unspecified atom stereocenters. The molecule has 0 bridgehead atoms. The molecule has 4 heteroatoms. The number of rotatable bonds is 7. The van der Waals surface area contributed by atoms with E-state index in [-0.39, 0.29) is 0 Å². The summed E-state index contributed by atoms with van der Waals surface area (Å²) in [6.45, 7) is 3.01. The molecule has 1 saturated carbocycles. The molecule has 0 spiro atoms. The molecule has 1 N–H and O–H groups in total. The normalized spacial score (nSPS) is 14.9. The van der Waals surface area contributed by atoms with Crippen LogP contribution in [0.25, 0.3) is 0 Å².